The standard InChI is InChI=1S/C19H26FN3O2/c1-14(2)22-12-19(13-22)11-21(9-15-10-25-8-7-23(15)19)18(24)16-5-3-4-6-17(16)20/h3-6,14-15H,7-13H2,1-2H3/t15-/m1/s1. The summed E-state index contributed by atoms with van der Waals surface area (Å²) in [6.07, 6.45) is 0. The summed E-state index contributed by atoms with van der Waals surface area (Å²) in [4.78, 5) is 19.8. The van der Waals surface area contributed by atoms with Gasteiger partial charge in [0.2, 0.25) is 0 Å². The highest BCUT2D eigenvalue weighted by molar-refractivity contribution is 5.94. The third-order valence-electron chi connectivity index (χ3n) is 5.87. The van der Waals surface area contributed by atoms with Crippen molar-refractivity contribution in [2.75, 3.05) is 45.9 Å². The van der Waals surface area contributed by atoms with Crippen molar-refractivity contribution < 1.29 is 13.9 Å². The maximum atomic E-state index is 14.1. The molecule has 3 aliphatic rings. The largest absolute Gasteiger partial charge is 0.378 e. The number of piperazine rings is 1. The minimum absolute atomic E-state index is 0.0160. The van der Waals surface area contributed by atoms with Crippen molar-refractivity contribution in [2.45, 2.75) is 31.5 Å². The number of amides is 1. The van der Waals surface area contributed by atoms with Gasteiger partial charge in [0.1, 0.15) is 5.82 Å². The molecule has 0 unspecified atom stereocenters. The van der Waals surface area contributed by atoms with E-state index in [4.69, 9.17) is 4.74 Å². The van der Waals surface area contributed by atoms with E-state index in [1.54, 1.807) is 18.2 Å². The highest BCUT2D eigenvalue weighted by Gasteiger charge is 2.55. The molecule has 3 heterocycles. The van der Waals surface area contributed by atoms with E-state index >= 15 is 0 Å². The van der Waals surface area contributed by atoms with Gasteiger partial charge in [0, 0.05) is 38.8 Å². The van der Waals surface area contributed by atoms with Crippen molar-refractivity contribution in [3.63, 3.8) is 0 Å². The number of morpholine rings is 1. The van der Waals surface area contributed by atoms with E-state index < -0.39 is 5.82 Å². The van der Waals surface area contributed by atoms with E-state index in [2.05, 4.69) is 23.6 Å². The van der Waals surface area contributed by atoms with E-state index in [0.717, 1.165) is 26.2 Å². The second kappa shape index (κ2) is 6.34. The summed E-state index contributed by atoms with van der Waals surface area (Å²) in [6, 6.07) is 6.97. The zero-order chi connectivity index (χ0) is 17.6. The maximum absolute atomic E-state index is 14.1. The molecule has 6 heteroatoms. The number of fused-ring (bicyclic) bond motifs is 2. The van der Waals surface area contributed by atoms with Crippen molar-refractivity contribution in [3.8, 4) is 0 Å². The molecule has 3 aliphatic heterocycles. The topological polar surface area (TPSA) is 36.0 Å². The molecule has 3 saturated heterocycles. The fourth-order valence-corrected chi connectivity index (χ4v) is 4.51. The zero-order valence-electron chi connectivity index (χ0n) is 14.9. The predicted molar refractivity (Wildman–Crippen MR) is 93.1 cm³/mol. The molecule has 0 aliphatic carbocycles. The van der Waals surface area contributed by atoms with Gasteiger partial charge in [0.25, 0.3) is 5.91 Å². The molecule has 3 fully saturated rings. The van der Waals surface area contributed by atoms with E-state index in [-0.39, 0.29) is 23.1 Å². The van der Waals surface area contributed by atoms with Gasteiger partial charge in [-0.2, -0.15) is 0 Å². The third-order valence-corrected chi connectivity index (χ3v) is 5.87. The quantitative estimate of drug-likeness (QED) is 0.811. The molecule has 0 saturated carbocycles. The molecule has 1 aromatic carbocycles. The van der Waals surface area contributed by atoms with Crippen LogP contribution in [0.5, 0.6) is 0 Å². The summed E-state index contributed by atoms with van der Waals surface area (Å²) in [5, 5.41) is 0. The molecule has 1 atom stereocenters. The van der Waals surface area contributed by atoms with Crippen LogP contribution in [0.25, 0.3) is 0 Å². The minimum atomic E-state index is -0.443. The van der Waals surface area contributed by atoms with Gasteiger partial charge < -0.3 is 9.64 Å². The number of rotatable bonds is 2. The first kappa shape index (κ1) is 16.9. The van der Waals surface area contributed by atoms with Gasteiger partial charge >= 0.3 is 0 Å². The smallest absolute Gasteiger partial charge is 0.256 e. The Morgan fingerprint density at radius 3 is 2.76 bits per heavy atom. The third kappa shape index (κ3) is 2.86. The molecule has 0 N–H and O–H groups in total. The number of halogens is 1. The summed E-state index contributed by atoms with van der Waals surface area (Å²) >= 11 is 0. The molecule has 0 aromatic heterocycles. The number of ether oxygens (including phenoxy) is 1. The average molecular weight is 347 g/mol. The van der Waals surface area contributed by atoms with Gasteiger partial charge in [-0.25, -0.2) is 4.39 Å². The van der Waals surface area contributed by atoms with E-state index in [9.17, 15) is 9.18 Å². The zero-order valence-corrected chi connectivity index (χ0v) is 14.9. The Kier molecular flexibility index (Phi) is 4.30. The van der Waals surface area contributed by atoms with Gasteiger partial charge in [-0.05, 0) is 26.0 Å². The Morgan fingerprint density at radius 2 is 2.04 bits per heavy atom. The molecule has 1 spiro atoms. The van der Waals surface area contributed by atoms with Crippen molar-refractivity contribution >= 4 is 5.91 Å². The van der Waals surface area contributed by atoms with Gasteiger partial charge in [-0.3, -0.25) is 14.6 Å². The van der Waals surface area contributed by atoms with E-state index in [1.807, 2.05) is 4.90 Å². The molecule has 0 bridgehead atoms. The Labute approximate surface area is 148 Å². The summed E-state index contributed by atoms with van der Waals surface area (Å²) in [6.45, 7) is 9.91. The number of hydrogen-bond donors (Lipinski definition) is 0. The van der Waals surface area contributed by atoms with Gasteiger partial charge in [-0.15, -0.1) is 0 Å². The molecule has 0 radical (unpaired) electrons. The Bertz CT molecular complexity index is 660. The highest BCUT2D eigenvalue weighted by atomic mass is 19.1. The van der Waals surface area contributed by atoms with Crippen LogP contribution in [0.2, 0.25) is 0 Å². The molecule has 1 aromatic rings. The van der Waals surface area contributed by atoms with Crippen LogP contribution in [0.3, 0.4) is 0 Å². The van der Waals surface area contributed by atoms with Crippen LogP contribution in [0.1, 0.15) is 24.2 Å². The number of likely N-dealkylation sites (tertiary alicyclic amines) is 1. The maximum Gasteiger partial charge on any atom is 0.256 e. The highest BCUT2D eigenvalue weighted by Crippen LogP contribution is 2.37. The Morgan fingerprint density at radius 1 is 1.28 bits per heavy atom. The number of hydrogen-bond acceptors (Lipinski definition) is 4. The molecule has 1 amide bonds. The van der Waals surface area contributed by atoms with Crippen LogP contribution in [0, 0.1) is 5.82 Å². The predicted octanol–water partition coefficient (Wildman–Crippen LogP) is 1.45. The lowest BCUT2D eigenvalue weighted by Gasteiger charge is -2.64. The molecular weight excluding hydrogens is 321 g/mol. The second-order valence-electron chi connectivity index (χ2n) is 7.81. The van der Waals surface area contributed by atoms with Gasteiger partial charge in [-0.1, -0.05) is 12.1 Å². The van der Waals surface area contributed by atoms with E-state index in [0.29, 0.717) is 25.7 Å². The average Bonchev–Trinajstić information content (AvgIpc) is 2.58. The van der Waals surface area contributed by atoms with Crippen molar-refractivity contribution in [1.29, 1.82) is 0 Å². The second-order valence-corrected chi connectivity index (χ2v) is 7.81. The van der Waals surface area contributed by atoms with Crippen molar-refractivity contribution in [2.24, 2.45) is 0 Å². The van der Waals surface area contributed by atoms with Gasteiger partial charge in [0.05, 0.1) is 30.4 Å². The van der Waals surface area contributed by atoms with Crippen LogP contribution >= 0.6 is 0 Å². The van der Waals surface area contributed by atoms with Crippen LogP contribution in [0.15, 0.2) is 24.3 Å². The van der Waals surface area contributed by atoms with Crippen molar-refractivity contribution in [1.82, 2.24) is 14.7 Å². The normalized spacial score (nSPS) is 26.6. The first-order chi connectivity index (χ1) is 12.0. The molecular formula is C19H26FN3O2. The van der Waals surface area contributed by atoms with Crippen LogP contribution < -0.4 is 0 Å². The molecule has 25 heavy (non-hydrogen) atoms. The lowest BCUT2D eigenvalue weighted by molar-refractivity contribution is -0.164. The fraction of sp³-hybridized carbons (Fsp3) is 0.632. The number of benzene rings is 1. The Hall–Kier alpha value is -1.50. The summed E-state index contributed by atoms with van der Waals surface area (Å²) in [7, 11) is 0. The molecule has 5 nitrogen and oxygen atoms in total. The van der Waals surface area contributed by atoms with Crippen LogP contribution in [0.4, 0.5) is 4.39 Å². The molecule has 4 rings (SSSR count). The number of nitrogens with zero attached hydrogens (tertiary/aromatic N) is 3. The minimum Gasteiger partial charge on any atom is -0.378 e. The first-order valence-electron chi connectivity index (χ1n) is 9.12. The summed E-state index contributed by atoms with van der Waals surface area (Å²) in [5.41, 5.74) is 0.153. The fourth-order valence-electron chi connectivity index (χ4n) is 4.51. The monoisotopic (exact) mass is 347 g/mol. The SMILES string of the molecule is CC(C)N1CC2(CN(C(=O)c3ccccc3F)C[C@@H]3COCCN32)C1. The lowest BCUT2D eigenvalue weighted by Crippen LogP contribution is -2.81. The van der Waals surface area contributed by atoms with Gasteiger partial charge in [0.15, 0.2) is 0 Å². The van der Waals surface area contributed by atoms with Crippen LogP contribution in [-0.4, -0.2) is 84.2 Å². The Balaban J connectivity index is 1.58. The number of carbonyl (C=O) groups is 1. The first-order valence-corrected chi connectivity index (χ1v) is 9.12. The summed E-state index contributed by atoms with van der Waals surface area (Å²) in [5.74, 6) is -0.646. The summed E-state index contributed by atoms with van der Waals surface area (Å²) < 4.78 is 19.8. The van der Waals surface area contributed by atoms with E-state index in [1.165, 1.54) is 6.07 Å². The van der Waals surface area contributed by atoms with Crippen LogP contribution in [-0.2, 0) is 4.74 Å². The lowest BCUT2D eigenvalue weighted by atomic mass is 9.81. The van der Waals surface area contributed by atoms with Crippen molar-refractivity contribution in [3.05, 3.63) is 35.6 Å². The molecule has 136 valence electrons. The number of carbonyl (C=O) groups excluding carboxylic acids is 1.